The molecule has 0 rings (SSSR count). The zero-order valence-corrected chi connectivity index (χ0v) is 56.6. The van der Waals surface area contributed by atoms with E-state index in [1.807, 2.05) is 0 Å². The summed E-state index contributed by atoms with van der Waals surface area (Å²) in [5.41, 5.74) is 18.6. The molecule has 0 aromatic carbocycles. The second-order valence-corrected chi connectivity index (χ2v) is 23.3. The fraction of sp³-hybridized carbons (Fsp3) is 0.831. The third kappa shape index (κ3) is 62.4. The molecule has 2 atom stereocenters. The van der Waals surface area contributed by atoms with Crippen LogP contribution in [0.3, 0.4) is 0 Å². The van der Waals surface area contributed by atoms with Crippen LogP contribution < -0.4 is 65.5 Å². The zero-order valence-electron chi connectivity index (χ0n) is 56.6. The van der Waals surface area contributed by atoms with Crippen LogP contribution in [-0.2, 0) is 48.1 Å². The molecule has 0 aliphatic carbocycles. The monoisotopic (exact) mass is 1290 g/mol. The molecule has 0 fully saturated rings. The van der Waals surface area contributed by atoms with E-state index in [1.165, 1.54) is 173 Å². The van der Waals surface area contributed by atoms with Gasteiger partial charge in [0.25, 0.3) is 0 Å². The third-order valence-electron chi connectivity index (χ3n) is 14.9. The van der Waals surface area contributed by atoms with E-state index in [2.05, 4.69) is 95.1 Å². The molecular weight excluding hydrogens is 1160 g/mol. The SMILES string of the molecule is CCCCCCCCCCCCC/C=N/NOCC(=O)NCCNC(=O)CC[C@H](N=C(N)N)C(=O)N[C@@H](CCC(=O)NCCNC(=O)CON/N=C/CCCCCCCCCCCCC)C(=O)NCCNC(=O)CON/N=C/CCCCCCCCCCCCC. The van der Waals surface area contributed by atoms with Crippen molar-refractivity contribution in [3.05, 3.63) is 0 Å². The number of nitrogens with two attached hydrogens (primary N) is 2. The number of hydrogen-bond acceptors (Lipinski definition) is 17. The van der Waals surface area contributed by atoms with Gasteiger partial charge >= 0.3 is 0 Å². The Morgan fingerprint density at radius 3 is 0.934 bits per heavy atom. The number of amides is 7. The van der Waals surface area contributed by atoms with Gasteiger partial charge < -0.3 is 48.7 Å². The average molecular weight is 1290 g/mol. The second kappa shape index (κ2) is 66.8. The minimum Gasteiger partial charge on any atom is -0.370 e. The highest BCUT2D eigenvalue weighted by Gasteiger charge is 2.27. The molecule has 0 radical (unpaired) electrons. The van der Waals surface area contributed by atoms with E-state index in [0.29, 0.717) is 0 Å². The summed E-state index contributed by atoms with van der Waals surface area (Å²) < 4.78 is 0. The molecule has 0 aromatic heterocycles. The molecule has 526 valence electrons. The van der Waals surface area contributed by atoms with Gasteiger partial charge in [0.05, 0.1) is 0 Å². The maximum atomic E-state index is 13.7. The quantitative estimate of drug-likeness (QED) is 0.0119. The Morgan fingerprint density at radius 1 is 0.352 bits per heavy atom. The highest BCUT2D eigenvalue weighted by atomic mass is 16.7. The van der Waals surface area contributed by atoms with Crippen LogP contribution >= 0.6 is 0 Å². The van der Waals surface area contributed by atoms with E-state index < -0.39 is 59.4 Å². The summed E-state index contributed by atoms with van der Waals surface area (Å²) in [6, 6.07) is -2.59. The van der Waals surface area contributed by atoms with Crippen molar-refractivity contribution < 1.29 is 48.1 Å². The van der Waals surface area contributed by atoms with Gasteiger partial charge in [0.15, 0.2) is 25.8 Å². The summed E-state index contributed by atoms with van der Waals surface area (Å²) in [7, 11) is 0. The summed E-state index contributed by atoms with van der Waals surface area (Å²) in [5, 5.41) is 30.4. The summed E-state index contributed by atoms with van der Waals surface area (Å²) in [6.45, 7) is 6.03. The van der Waals surface area contributed by atoms with Gasteiger partial charge in [-0.05, 0) is 51.4 Å². The number of nitrogens with one attached hydrogen (secondary N) is 10. The van der Waals surface area contributed by atoms with Crippen molar-refractivity contribution in [3.63, 3.8) is 0 Å². The Balaban J connectivity index is 4.98. The Bertz CT molecular complexity index is 1930. The van der Waals surface area contributed by atoms with Gasteiger partial charge in [0.2, 0.25) is 41.4 Å². The van der Waals surface area contributed by atoms with Crippen LogP contribution in [0.15, 0.2) is 20.3 Å². The maximum absolute atomic E-state index is 13.7. The zero-order chi connectivity index (χ0) is 66.6. The van der Waals surface area contributed by atoms with Crippen LogP contribution in [0.1, 0.15) is 278 Å². The normalized spacial score (nSPS) is 11.9. The highest BCUT2D eigenvalue weighted by molar-refractivity contribution is 5.92. The van der Waals surface area contributed by atoms with Gasteiger partial charge in [0, 0.05) is 70.8 Å². The molecular formula is C65H126N16O10. The van der Waals surface area contributed by atoms with Crippen molar-refractivity contribution in [1.82, 2.24) is 54.0 Å². The second-order valence-electron chi connectivity index (χ2n) is 23.3. The lowest BCUT2D eigenvalue weighted by molar-refractivity contribution is -0.131. The smallest absolute Gasteiger partial charge is 0.248 e. The number of carbonyl (C=O) groups excluding carboxylic acids is 7. The van der Waals surface area contributed by atoms with Crippen LogP contribution in [-0.4, -0.2) is 137 Å². The molecule has 26 nitrogen and oxygen atoms in total. The van der Waals surface area contributed by atoms with Crippen molar-refractivity contribution in [2.45, 2.75) is 290 Å². The molecule has 7 amide bonds. The topological polar surface area (TPSA) is 369 Å². The molecule has 0 spiro atoms. The van der Waals surface area contributed by atoms with Gasteiger partial charge in [-0.1, -0.05) is 213 Å². The number of hydrazone groups is 3. The molecule has 0 aromatic rings. The highest BCUT2D eigenvalue weighted by Crippen LogP contribution is 2.15. The minimum atomic E-state index is -1.30. The summed E-state index contributed by atoms with van der Waals surface area (Å²) in [5.74, 6) is -4.19. The summed E-state index contributed by atoms with van der Waals surface area (Å²) in [4.78, 5) is 109. The molecule has 26 heteroatoms. The van der Waals surface area contributed by atoms with Crippen molar-refractivity contribution in [2.24, 2.45) is 31.8 Å². The molecule has 0 unspecified atom stereocenters. The number of hydrogen-bond donors (Lipinski definition) is 12. The number of nitrogens with zero attached hydrogens (tertiary/aromatic N) is 4. The molecule has 0 aliphatic heterocycles. The number of guanidine groups is 1. The third-order valence-corrected chi connectivity index (χ3v) is 14.9. The van der Waals surface area contributed by atoms with E-state index in [0.717, 1.165) is 57.8 Å². The average Bonchev–Trinajstić information content (AvgIpc) is 3.19. The molecule has 0 saturated heterocycles. The predicted octanol–water partition coefficient (Wildman–Crippen LogP) is 8.00. The maximum Gasteiger partial charge on any atom is 0.248 e. The minimum absolute atomic E-state index is 0.00572. The van der Waals surface area contributed by atoms with E-state index in [9.17, 15) is 33.6 Å². The van der Waals surface area contributed by atoms with Crippen LogP contribution in [0.5, 0.6) is 0 Å². The fourth-order valence-corrected chi connectivity index (χ4v) is 9.57. The standard InChI is InChI=1S/C65H126N16O10/c1-4-7-10-13-16-19-22-25-28-31-34-37-44-74-79-89-53-60(84)70-49-47-68-58(82)42-40-56(63(87)73-52-51-72-62(86)55-91-81-76-46-39-36-33-30-27-24-21-18-15-12-9-6-3)77-64(88)57(78-65(66)67)41-43-59(83)69-48-50-71-61(85)54-90-80-75-45-38-35-32-29-26-23-20-17-14-11-8-5-2/h44-46,56-57,79-81H,4-43,47-55H2,1-3H3,(H,68,82)(H,69,83)(H,70,84)(H,71,85)(H,72,86)(H,73,87)(H,77,88)(H4,66,67,78)/b74-44+,75-45+,76-46+/t56-,57-/m0/s1. The van der Waals surface area contributed by atoms with Gasteiger partial charge in [-0.15, -0.1) is 0 Å². The molecule has 0 saturated carbocycles. The number of unbranched alkanes of at least 4 members (excludes halogenated alkanes) is 33. The van der Waals surface area contributed by atoms with Crippen molar-refractivity contribution in [3.8, 4) is 0 Å². The van der Waals surface area contributed by atoms with Crippen molar-refractivity contribution >= 4 is 66.0 Å². The Hall–Kier alpha value is -6.15. The van der Waals surface area contributed by atoms with Crippen LogP contribution in [0.2, 0.25) is 0 Å². The Labute approximate surface area is 546 Å². The van der Waals surface area contributed by atoms with Gasteiger partial charge in [0.1, 0.15) is 12.1 Å². The molecule has 0 aliphatic rings. The number of carbonyl (C=O) groups is 7. The van der Waals surface area contributed by atoms with Crippen LogP contribution in [0, 0.1) is 0 Å². The predicted molar refractivity (Wildman–Crippen MR) is 364 cm³/mol. The first-order valence-corrected chi connectivity index (χ1v) is 35.1. The van der Waals surface area contributed by atoms with Crippen molar-refractivity contribution in [1.29, 1.82) is 0 Å². The Kier molecular flexibility index (Phi) is 62.2. The lowest BCUT2D eigenvalue weighted by Crippen LogP contribution is -2.51. The number of aliphatic imine (C=N–C) groups is 1. The van der Waals surface area contributed by atoms with Crippen molar-refractivity contribution in [2.75, 3.05) is 59.1 Å². The summed E-state index contributed by atoms with van der Waals surface area (Å²) >= 11 is 0. The molecule has 14 N–H and O–H groups in total. The van der Waals surface area contributed by atoms with Crippen LogP contribution in [0.4, 0.5) is 0 Å². The van der Waals surface area contributed by atoms with E-state index in [1.54, 1.807) is 18.6 Å². The number of rotatable bonds is 67. The first-order valence-electron chi connectivity index (χ1n) is 35.1. The molecule has 91 heavy (non-hydrogen) atoms. The van der Waals surface area contributed by atoms with E-state index >= 15 is 0 Å². The van der Waals surface area contributed by atoms with Gasteiger partial charge in [-0.25, -0.2) is 19.5 Å². The first-order chi connectivity index (χ1) is 44.4. The lowest BCUT2D eigenvalue weighted by atomic mass is 10.1. The van der Waals surface area contributed by atoms with Gasteiger partial charge in [-0.3, -0.25) is 33.6 Å². The van der Waals surface area contributed by atoms with Gasteiger partial charge in [-0.2, -0.15) is 32.1 Å². The first kappa shape index (κ1) is 84.8. The molecule has 0 heterocycles. The van der Waals surface area contributed by atoms with E-state index in [4.69, 9.17) is 26.0 Å². The molecule has 0 bridgehead atoms. The van der Waals surface area contributed by atoms with E-state index in [-0.39, 0.29) is 84.8 Å². The summed E-state index contributed by atoms with van der Waals surface area (Å²) in [6.07, 6.45) is 48.4. The fourth-order valence-electron chi connectivity index (χ4n) is 9.57. The van der Waals surface area contributed by atoms with Crippen LogP contribution in [0.25, 0.3) is 0 Å². The largest absolute Gasteiger partial charge is 0.370 e. The lowest BCUT2D eigenvalue weighted by Gasteiger charge is -2.21. The Morgan fingerprint density at radius 2 is 0.626 bits per heavy atom.